The highest BCUT2D eigenvalue weighted by molar-refractivity contribution is 14.0. The van der Waals surface area contributed by atoms with Crippen molar-refractivity contribution in [1.82, 2.24) is 20.4 Å². The van der Waals surface area contributed by atoms with E-state index >= 15 is 0 Å². The van der Waals surface area contributed by atoms with Crippen LogP contribution in [0.2, 0.25) is 0 Å². The van der Waals surface area contributed by atoms with Crippen LogP contribution in [0.5, 0.6) is 0 Å². The zero-order valence-corrected chi connectivity index (χ0v) is 18.4. The number of hydrogen-bond acceptors (Lipinski definition) is 2. The summed E-state index contributed by atoms with van der Waals surface area (Å²) in [6, 6.07) is 9.06. The van der Waals surface area contributed by atoms with E-state index in [4.69, 9.17) is 0 Å². The van der Waals surface area contributed by atoms with Crippen molar-refractivity contribution < 1.29 is 4.39 Å². The largest absolute Gasteiger partial charge is 0.356 e. The highest BCUT2D eigenvalue weighted by Crippen LogP contribution is 2.39. The highest BCUT2D eigenvalue weighted by Gasteiger charge is 2.34. The summed E-state index contributed by atoms with van der Waals surface area (Å²) in [5.74, 6) is 0.596. The van der Waals surface area contributed by atoms with E-state index in [2.05, 4.69) is 26.8 Å². The molecule has 1 aromatic carbocycles. The van der Waals surface area contributed by atoms with E-state index in [9.17, 15) is 4.39 Å². The van der Waals surface area contributed by atoms with E-state index in [1.807, 2.05) is 23.9 Å². The van der Waals surface area contributed by atoms with E-state index in [0.717, 1.165) is 36.6 Å². The Morgan fingerprint density at radius 1 is 1.22 bits per heavy atom. The average molecular weight is 485 g/mol. The lowest BCUT2D eigenvalue weighted by Gasteiger charge is -2.38. The summed E-state index contributed by atoms with van der Waals surface area (Å²) in [5.41, 5.74) is 2.14. The van der Waals surface area contributed by atoms with Gasteiger partial charge >= 0.3 is 0 Å². The summed E-state index contributed by atoms with van der Waals surface area (Å²) in [4.78, 5) is 4.33. The molecule has 5 nitrogen and oxygen atoms in total. The van der Waals surface area contributed by atoms with Crippen LogP contribution >= 0.6 is 24.0 Å². The Kier molecular flexibility index (Phi) is 8.07. The molecule has 0 atom stereocenters. The first kappa shape index (κ1) is 21.7. The van der Waals surface area contributed by atoms with Gasteiger partial charge in [-0.3, -0.25) is 9.67 Å². The van der Waals surface area contributed by atoms with Gasteiger partial charge in [0.15, 0.2) is 5.96 Å². The molecule has 3 rings (SSSR count). The topological polar surface area (TPSA) is 54.2 Å². The molecule has 148 valence electrons. The minimum absolute atomic E-state index is 0. The van der Waals surface area contributed by atoms with Crippen molar-refractivity contribution in [2.24, 2.45) is 12.0 Å². The first-order chi connectivity index (χ1) is 12.6. The number of nitrogens with one attached hydrogen (secondary N) is 2. The number of aryl methyl sites for hydroxylation is 1. The fourth-order valence-electron chi connectivity index (χ4n) is 3.84. The van der Waals surface area contributed by atoms with Gasteiger partial charge in [-0.15, -0.1) is 24.0 Å². The zero-order chi connectivity index (χ0) is 18.4. The van der Waals surface area contributed by atoms with Crippen LogP contribution < -0.4 is 10.6 Å². The summed E-state index contributed by atoms with van der Waals surface area (Å²) in [6.07, 6.45) is 7.54. The Morgan fingerprint density at radius 2 is 2.00 bits per heavy atom. The number of hydrogen-bond donors (Lipinski definition) is 2. The van der Waals surface area contributed by atoms with Gasteiger partial charge in [0.2, 0.25) is 0 Å². The molecule has 7 heteroatoms. The molecule has 0 saturated heterocycles. The maximum absolute atomic E-state index is 13.8. The van der Waals surface area contributed by atoms with Crippen molar-refractivity contribution in [2.45, 2.75) is 44.1 Å². The van der Waals surface area contributed by atoms with Crippen molar-refractivity contribution in [2.75, 3.05) is 13.6 Å². The Hall–Kier alpha value is -1.64. The lowest BCUT2D eigenvalue weighted by molar-refractivity contribution is 0.290. The maximum atomic E-state index is 13.8. The number of aliphatic imine (C=N–C) groups is 1. The molecule has 1 fully saturated rings. The van der Waals surface area contributed by atoms with E-state index in [1.165, 1.54) is 25.3 Å². The molecular formula is C20H29FIN5. The smallest absolute Gasteiger partial charge is 0.191 e. The van der Waals surface area contributed by atoms with Crippen LogP contribution in [-0.2, 0) is 19.0 Å². The molecule has 2 aromatic rings. The van der Waals surface area contributed by atoms with Gasteiger partial charge in [-0.25, -0.2) is 4.39 Å². The predicted octanol–water partition coefficient (Wildman–Crippen LogP) is 3.74. The van der Waals surface area contributed by atoms with E-state index < -0.39 is 0 Å². The van der Waals surface area contributed by atoms with Crippen LogP contribution in [-0.4, -0.2) is 29.3 Å². The molecule has 1 heterocycles. The molecule has 2 N–H and O–H groups in total. The van der Waals surface area contributed by atoms with Gasteiger partial charge in [0, 0.05) is 32.3 Å². The number of halogens is 2. The van der Waals surface area contributed by atoms with Gasteiger partial charge < -0.3 is 10.6 Å². The summed E-state index contributed by atoms with van der Waals surface area (Å²) in [5, 5.41) is 11.0. The summed E-state index contributed by atoms with van der Waals surface area (Å²) in [7, 11) is 3.70. The normalized spacial score (nSPS) is 16.5. The standard InChI is InChI=1S/C20H28FN5.HI/c1-22-19(23-14-18-9-12-25-26(18)2)24-15-20(10-4-3-5-11-20)16-7-6-8-17(21)13-16;/h6-9,12-13H,3-5,10-11,14-15H2,1-2H3,(H2,22,23,24);1H. The van der Waals surface area contributed by atoms with Crippen molar-refractivity contribution in [3.63, 3.8) is 0 Å². The molecule has 27 heavy (non-hydrogen) atoms. The molecule has 0 aliphatic heterocycles. The first-order valence-electron chi connectivity index (χ1n) is 9.30. The summed E-state index contributed by atoms with van der Waals surface area (Å²) < 4.78 is 15.7. The number of benzene rings is 1. The SMILES string of the molecule is CN=C(NCc1ccnn1C)NCC1(c2cccc(F)c2)CCCCC1.I. The van der Waals surface area contributed by atoms with Crippen molar-refractivity contribution >= 4 is 29.9 Å². The molecule has 0 bridgehead atoms. The lowest BCUT2D eigenvalue weighted by Crippen LogP contribution is -2.46. The molecule has 1 saturated carbocycles. The van der Waals surface area contributed by atoms with Gasteiger partial charge in [-0.05, 0) is 36.6 Å². The molecule has 0 amide bonds. The minimum Gasteiger partial charge on any atom is -0.356 e. The van der Waals surface area contributed by atoms with Gasteiger partial charge in [0.05, 0.1) is 12.2 Å². The average Bonchev–Trinajstić information content (AvgIpc) is 3.07. The van der Waals surface area contributed by atoms with Crippen molar-refractivity contribution in [3.8, 4) is 0 Å². The minimum atomic E-state index is -0.161. The van der Waals surface area contributed by atoms with Crippen LogP contribution in [0.15, 0.2) is 41.5 Å². The van der Waals surface area contributed by atoms with Crippen molar-refractivity contribution in [3.05, 3.63) is 53.6 Å². The molecule has 1 aliphatic carbocycles. The number of rotatable bonds is 5. The van der Waals surface area contributed by atoms with Crippen LogP contribution in [0.3, 0.4) is 0 Å². The fourth-order valence-corrected chi connectivity index (χ4v) is 3.84. The van der Waals surface area contributed by atoms with E-state index in [1.54, 1.807) is 19.3 Å². The van der Waals surface area contributed by atoms with Crippen LogP contribution in [0.4, 0.5) is 4.39 Å². The number of nitrogens with zero attached hydrogens (tertiary/aromatic N) is 3. The van der Waals surface area contributed by atoms with Gasteiger partial charge in [-0.2, -0.15) is 5.10 Å². The fraction of sp³-hybridized carbons (Fsp3) is 0.500. The third-order valence-corrected chi connectivity index (χ3v) is 5.42. The van der Waals surface area contributed by atoms with Crippen LogP contribution in [0, 0.1) is 5.82 Å². The molecular weight excluding hydrogens is 456 g/mol. The highest BCUT2D eigenvalue weighted by atomic mass is 127. The first-order valence-corrected chi connectivity index (χ1v) is 9.30. The third kappa shape index (κ3) is 5.43. The van der Waals surface area contributed by atoms with Gasteiger partial charge in [0.1, 0.15) is 5.82 Å². The summed E-state index contributed by atoms with van der Waals surface area (Å²) >= 11 is 0. The Balaban J connectivity index is 0.00000261. The molecule has 0 spiro atoms. The van der Waals surface area contributed by atoms with E-state index in [-0.39, 0.29) is 35.2 Å². The van der Waals surface area contributed by atoms with Crippen molar-refractivity contribution in [1.29, 1.82) is 0 Å². The monoisotopic (exact) mass is 485 g/mol. The second-order valence-electron chi connectivity index (χ2n) is 7.08. The molecule has 0 radical (unpaired) electrons. The quantitative estimate of drug-likeness (QED) is 0.386. The predicted molar refractivity (Wildman–Crippen MR) is 118 cm³/mol. The third-order valence-electron chi connectivity index (χ3n) is 5.42. The maximum Gasteiger partial charge on any atom is 0.191 e. The second-order valence-corrected chi connectivity index (χ2v) is 7.08. The number of aromatic nitrogens is 2. The number of guanidine groups is 1. The Labute approximate surface area is 177 Å². The summed E-state index contributed by atoms with van der Waals surface area (Å²) in [6.45, 7) is 1.41. The lowest BCUT2D eigenvalue weighted by atomic mass is 9.69. The molecule has 0 unspecified atom stereocenters. The second kappa shape index (κ2) is 10.1. The Bertz CT molecular complexity index is 752. The Morgan fingerprint density at radius 3 is 2.63 bits per heavy atom. The van der Waals surface area contributed by atoms with Gasteiger partial charge in [-0.1, -0.05) is 31.4 Å². The zero-order valence-electron chi connectivity index (χ0n) is 16.0. The molecule has 1 aliphatic rings. The van der Waals surface area contributed by atoms with Crippen LogP contribution in [0.1, 0.15) is 43.4 Å². The van der Waals surface area contributed by atoms with Gasteiger partial charge in [0.25, 0.3) is 0 Å². The van der Waals surface area contributed by atoms with E-state index in [0.29, 0.717) is 6.54 Å². The molecule has 1 aromatic heterocycles. The van der Waals surface area contributed by atoms with Crippen LogP contribution in [0.25, 0.3) is 0 Å².